The van der Waals surface area contributed by atoms with Crippen LogP contribution in [0.4, 0.5) is 0 Å². The largest absolute Gasteiger partial charge is 0.474 e. The van der Waals surface area contributed by atoms with E-state index in [1.165, 1.54) is 12.8 Å². The number of ether oxygens (including phenoxy) is 1. The van der Waals surface area contributed by atoms with Gasteiger partial charge in [0.25, 0.3) is 0 Å². The van der Waals surface area contributed by atoms with Gasteiger partial charge in [-0.25, -0.2) is 4.98 Å². The number of aromatic nitrogens is 1. The van der Waals surface area contributed by atoms with Gasteiger partial charge >= 0.3 is 0 Å². The monoisotopic (exact) mass is 325 g/mol. The van der Waals surface area contributed by atoms with Gasteiger partial charge in [0, 0.05) is 18.3 Å². The molecule has 0 bridgehead atoms. The zero-order valence-corrected chi connectivity index (χ0v) is 13.7. The van der Waals surface area contributed by atoms with Crippen molar-refractivity contribution in [3.63, 3.8) is 0 Å². The number of benzene rings is 1. The molecule has 1 saturated carbocycles. The van der Waals surface area contributed by atoms with E-state index in [0.717, 1.165) is 24.0 Å². The molecule has 0 aliphatic heterocycles. The van der Waals surface area contributed by atoms with Crippen molar-refractivity contribution in [3.05, 3.63) is 59.8 Å². The lowest BCUT2D eigenvalue weighted by atomic mass is 10.1. The maximum absolute atomic E-state index is 11.8. The molecule has 0 saturated heterocycles. The molecule has 1 aliphatic carbocycles. The van der Waals surface area contributed by atoms with E-state index in [4.69, 9.17) is 10.5 Å². The number of rotatable bonds is 7. The minimum Gasteiger partial charge on any atom is -0.474 e. The van der Waals surface area contributed by atoms with Crippen LogP contribution < -0.4 is 15.8 Å². The van der Waals surface area contributed by atoms with Gasteiger partial charge in [-0.2, -0.15) is 0 Å². The molecule has 5 heteroatoms. The molecular formula is C19H23N3O2. The zero-order chi connectivity index (χ0) is 16.8. The van der Waals surface area contributed by atoms with Crippen LogP contribution in [0.1, 0.15) is 42.9 Å². The van der Waals surface area contributed by atoms with E-state index in [1.807, 2.05) is 42.5 Å². The van der Waals surface area contributed by atoms with Crippen molar-refractivity contribution in [3.8, 4) is 5.88 Å². The summed E-state index contributed by atoms with van der Waals surface area (Å²) in [7, 11) is 0. The molecule has 1 atom stereocenters. The number of pyridine rings is 1. The quantitative estimate of drug-likeness (QED) is 0.820. The van der Waals surface area contributed by atoms with Crippen LogP contribution in [-0.4, -0.2) is 17.0 Å². The Morgan fingerprint density at radius 1 is 1.21 bits per heavy atom. The topological polar surface area (TPSA) is 77.2 Å². The minimum absolute atomic E-state index is 0.250. The Morgan fingerprint density at radius 3 is 2.67 bits per heavy atom. The van der Waals surface area contributed by atoms with Gasteiger partial charge in [0.15, 0.2) is 0 Å². The fourth-order valence-electron chi connectivity index (χ4n) is 3.07. The van der Waals surface area contributed by atoms with Gasteiger partial charge in [-0.3, -0.25) is 10.1 Å². The van der Waals surface area contributed by atoms with Crippen LogP contribution >= 0.6 is 0 Å². The zero-order valence-electron chi connectivity index (χ0n) is 13.7. The summed E-state index contributed by atoms with van der Waals surface area (Å²) in [4.78, 5) is 16.2. The number of carbonyl (C=O) groups is 1. The number of carbonyl (C=O) groups excluding carboxylic acids is 1. The lowest BCUT2D eigenvalue weighted by Gasteiger charge is -2.18. The molecule has 2 aromatic rings. The number of amides is 1. The third-order valence-corrected chi connectivity index (χ3v) is 4.34. The summed E-state index contributed by atoms with van der Waals surface area (Å²) in [5.41, 5.74) is 7.35. The van der Waals surface area contributed by atoms with Gasteiger partial charge < -0.3 is 10.5 Å². The van der Waals surface area contributed by atoms with Crippen LogP contribution in [0, 0.1) is 0 Å². The molecule has 1 unspecified atom stereocenters. The number of hydrogen-bond donors (Lipinski definition) is 2. The van der Waals surface area contributed by atoms with E-state index < -0.39 is 11.9 Å². The van der Waals surface area contributed by atoms with E-state index >= 15 is 0 Å². The second-order valence-corrected chi connectivity index (χ2v) is 6.12. The molecule has 1 heterocycles. The lowest BCUT2D eigenvalue weighted by molar-refractivity contribution is -0.120. The predicted octanol–water partition coefficient (Wildman–Crippen LogP) is 2.72. The summed E-state index contributed by atoms with van der Waals surface area (Å²) in [6, 6.07) is 12.8. The number of nitrogens with two attached hydrogens (primary N) is 1. The SMILES string of the molecule is NC(=O)C(NCc1cccnc1OC1CCCC1)c1ccccc1. The fraction of sp³-hybridized carbons (Fsp3) is 0.368. The second kappa shape index (κ2) is 7.93. The summed E-state index contributed by atoms with van der Waals surface area (Å²) in [6.45, 7) is 0.471. The standard InChI is InChI=1S/C19H23N3O2/c20-18(23)17(14-7-2-1-3-8-14)22-13-15-9-6-12-21-19(15)24-16-10-4-5-11-16/h1-3,6-9,12,16-17,22H,4-5,10-11,13H2,(H2,20,23). The van der Waals surface area contributed by atoms with Crippen molar-refractivity contribution in [1.82, 2.24) is 10.3 Å². The Kier molecular flexibility index (Phi) is 5.43. The molecule has 3 rings (SSSR count). The van der Waals surface area contributed by atoms with Crippen LogP contribution in [0.3, 0.4) is 0 Å². The highest BCUT2D eigenvalue weighted by atomic mass is 16.5. The molecule has 1 fully saturated rings. The first-order valence-electron chi connectivity index (χ1n) is 8.42. The summed E-state index contributed by atoms with van der Waals surface area (Å²) in [5, 5.41) is 3.22. The van der Waals surface area contributed by atoms with Crippen molar-refractivity contribution in [2.24, 2.45) is 5.73 Å². The smallest absolute Gasteiger partial charge is 0.239 e. The van der Waals surface area contributed by atoms with Crippen LogP contribution in [0.15, 0.2) is 48.7 Å². The summed E-state index contributed by atoms with van der Waals surface area (Å²) < 4.78 is 6.04. The molecule has 1 amide bonds. The minimum atomic E-state index is -0.536. The number of nitrogens with one attached hydrogen (secondary N) is 1. The average molecular weight is 325 g/mol. The Hall–Kier alpha value is -2.40. The Balaban J connectivity index is 1.69. The second-order valence-electron chi connectivity index (χ2n) is 6.12. The lowest BCUT2D eigenvalue weighted by Crippen LogP contribution is -2.33. The number of hydrogen-bond acceptors (Lipinski definition) is 4. The van der Waals surface area contributed by atoms with Gasteiger partial charge in [0.1, 0.15) is 12.1 Å². The first-order valence-corrected chi connectivity index (χ1v) is 8.42. The van der Waals surface area contributed by atoms with Gasteiger partial charge in [-0.1, -0.05) is 36.4 Å². The van der Waals surface area contributed by atoms with E-state index in [1.54, 1.807) is 6.20 Å². The van der Waals surface area contributed by atoms with Crippen LogP contribution in [0.25, 0.3) is 0 Å². The summed E-state index contributed by atoms with van der Waals surface area (Å²) in [6.07, 6.45) is 6.57. The first kappa shape index (κ1) is 16.5. The molecule has 126 valence electrons. The molecular weight excluding hydrogens is 302 g/mol. The van der Waals surface area contributed by atoms with Crippen molar-refractivity contribution >= 4 is 5.91 Å². The molecule has 0 radical (unpaired) electrons. The van der Waals surface area contributed by atoms with Gasteiger partial charge in [-0.15, -0.1) is 0 Å². The highest BCUT2D eigenvalue weighted by molar-refractivity contribution is 5.81. The van der Waals surface area contributed by atoms with Crippen molar-refractivity contribution < 1.29 is 9.53 Å². The van der Waals surface area contributed by atoms with Crippen LogP contribution in [0.2, 0.25) is 0 Å². The maximum Gasteiger partial charge on any atom is 0.239 e. The van der Waals surface area contributed by atoms with Crippen LogP contribution in [-0.2, 0) is 11.3 Å². The highest BCUT2D eigenvalue weighted by Gasteiger charge is 2.20. The highest BCUT2D eigenvalue weighted by Crippen LogP contribution is 2.25. The third-order valence-electron chi connectivity index (χ3n) is 4.34. The molecule has 3 N–H and O–H groups in total. The maximum atomic E-state index is 11.8. The predicted molar refractivity (Wildman–Crippen MR) is 92.3 cm³/mol. The third kappa shape index (κ3) is 4.11. The van der Waals surface area contributed by atoms with Crippen LogP contribution in [0.5, 0.6) is 5.88 Å². The molecule has 0 spiro atoms. The Morgan fingerprint density at radius 2 is 1.96 bits per heavy atom. The van der Waals surface area contributed by atoms with E-state index in [-0.39, 0.29) is 6.10 Å². The van der Waals surface area contributed by atoms with E-state index in [9.17, 15) is 4.79 Å². The van der Waals surface area contributed by atoms with E-state index in [2.05, 4.69) is 10.3 Å². The summed E-state index contributed by atoms with van der Waals surface area (Å²) in [5.74, 6) is 0.247. The van der Waals surface area contributed by atoms with E-state index in [0.29, 0.717) is 12.4 Å². The Labute approximate surface area is 142 Å². The van der Waals surface area contributed by atoms with Crippen molar-refractivity contribution in [1.29, 1.82) is 0 Å². The normalized spacial score (nSPS) is 16.0. The molecule has 24 heavy (non-hydrogen) atoms. The summed E-state index contributed by atoms with van der Waals surface area (Å²) >= 11 is 0. The van der Waals surface area contributed by atoms with Gasteiger partial charge in [-0.05, 0) is 37.3 Å². The Bertz CT molecular complexity index is 669. The first-order chi connectivity index (χ1) is 11.7. The van der Waals surface area contributed by atoms with Gasteiger partial charge in [0.2, 0.25) is 11.8 Å². The molecule has 1 aliphatic rings. The fourth-order valence-corrected chi connectivity index (χ4v) is 3.07. The number of nitrogens with zero attached hydrogens (tertiary/aromatic N) is 1. The molecule has 5 nitrogen and oxygen atoms in total. The van der Waals surface area contributed by atoms with Gasteiger partial charge in [0.05, 0.1) is 0 Å². The van der Waals surface area contributed by atoms with Crippen molar-refractivity contribution in [2.75, 3.05) is 0 Å². The number of primary amides is 1. The molecule has 1 aromatic heterocycles. The van der Waals surface area contributed by atoms with Crippen molar-refractivity contribution in [2.45, 2.75) is 44.4 Å². The average Bonchev–Trinajstić information content (AvgIpc) is 3.10. The molecule has 1 aromatic carbocycles.